The number of nitrogens with one attached hydrogen (secondary N) is 1. The van der Waals surface area contributed by atoms with Crippen LogP contribution in [0.1, 0.15) is 26.7 Å². The molecule has 0 radical (unpaired) electrons. The maximum atomic E-state index is 10.8. The van der Waals surface area contributed by atoms with Gasteiger partial charge in [0.25, 0.3) is 0 Å². The van der Waals surface area contributed by atoms with Gasteiger partial charge in [0.05, 0.1) is 18.8 Å². The standard InChI is InChI=1S/C10H17NO4/c1-7(12)11-9-3-4-10(15-5-9)6-14-8(2)13/h9-10H,3-6H2,1-2H3,(H,11,12). The highest BCUT2D eigenvalue weighted by atomic mass is 16.6. The fourth-order valence-corrected chi connectivity index (χ4v) is 1.55. The molecule has 1 fully saturated rings. The monoisotopic (exact) mass is 215 g/mol. The first kappa shape index (κ1) is 12.0. The summed E-state index contributed by atoms with van der Waals surface area (Å²) in [6, 6.07) is 0.0936. The zero-order valence-electron chi connectivity index (χ0n) is 9.12. The van der Waals surface area contributed by atoms with Gasteiger partial charge in [-0.1, -0.05) is 0 Å². The number of rotatable bonds is 3. The molecule has 0 bridgehead atoms. The molecule has 5 heteroatoms. The second kappa shape index (κ2) is 5.70. The molecule has 1 rings (SSSR count). The highest BCUT2D eigenvalue weighted by molar-refractivity contribution is 5.73. The van der Waals surface area contributed by atoms with Crippen molar-refractivity contribution in [2.24, 2.45) is 0 Å². The van der Waals surface area contributed by atoms with Crippen molar-refractivity contribution in [1.82, 2.24) is 5.32 Å². The minimum Gasteiger partial charge on any atom is -0.463 e. The van der Waals surface area contributed by atoms with Crippen molar-refractivity contribution >= 4 is 11.9 Å². The summed E-state index contributed by atoms with van der Waals surface area (Å²) in [5.41, 5.74) is 0. The van der Waals surface area contributed by atoms with E-state index in [1.165, 1.54) is 13.8 Å². The Morgan fingerprint density at radius 3 is 2.60 bits per heavy atom. The van der Waals surface area contributed by atoms with E-state index >= 15 is 0 Å². The van der Waals surface area contributed by atoms with E-state index in [0.29, 0.717) is 13.2 Å². The number of hydrogen-bond donors (Lipinski definition) is 1. The van der Waals surface area contributed by atoms with Crippen LogP contribution >= 0.6 is 0 Å². The third kappa shape index (κ3) is 4.78. The number of carbonyl (C=O) groups is 2. The van der Waals surface area contributed by atoms with Crippen LogP contribution in [-0.2, 0) is 19.1 Å². The van der Waals surface area contributed by atoms with E-state index in [9.17, 15) is 9.59 Å². The number of amides is 1. The van der Waals surface area contributed by atoms with Crippen molar-refractivity contribution in [3.05, 3.63) is 0 Å². The van der Waals surface area contributed by atoms with E-state index < -0.39 is 0 Å². The maximum absolute atomic E-state index is 10.8. The molecule has 1 aliphatic heterocycles. The number of ether oxygens (including phenoxy) is 2. The second-order valence-electron chi connectivity index (χ2n) is 3.73. The summed E-state index contributed by atoms with van der Waals surface area (Å²) in [5, 5.41) is 2.80. The van der Waals surface area contributed by atoms with Crippen molar-refractivity contribution in [2.45, 2.75) is 38.8 Å². The molecular formula is C10H17NO4. The van der Waals surface area contributed by atoms with Gasteiger partial charge in [0.2, 0.25) is 5.91 Å². The smallest absolute Gasteiger partial charge is 0.302 e. The Morgan fingerprint density at radius 2 is 2.13 bits per heavy atom. The van der Waals surface area contributed by atoms with Crippen molar-refractivity contribution in [2.75, 3.05) is 13.2 Å². The summed E-state index contributed by atoms with van der Waals surface area (Å²) >= 11 is 0. The molecule has 2 atom stereocenters. The molecule has 1 aliphatic rings. The van der Waals surface area contributed by atoms with Gasteiger partial charge in [-0.25, -0.2) is 0 Å². The van der Waals surface area contributed by atoms with E-state index in [0.717, 1.165) is 12.8 Å². The lowest BCUT2D eigenvalue weighted by Crippen LogP contribution is -2.43. The normalized spacial score (nSPS) is 25.7. The topological polar surface area (TPSA) is 64.6 Å². The molecule has 1 amide bonds. The van der Waals surface area contributed by atoms with Crippen LogP contribution in [0.3, 0.4) is 0 Å². The van der Waals surface area contributed by atoms with Gasteiger partial charge in [-0.15, -0.1) is 0 Å². The van der Waals surface area contributed by atoms with Gasteiger partial charge in [-0.05, 0) is 12.8 Å². The predicted octanol–water partition coefficient (Wildman–Crippen LogP) is 0.233. The van der Waals surface area contributed by atoms with Gasteiger partial charge in [0.15, 0.2) is 0 Å². The number of hydrogen-bond acceptors (Lipinski definition) is 4. The fraction of sp³-hybridized carbons (Fsp3) is 0.800. The van der Waals surface area contributed by atoms with Crippen molar-refractivity contribution in [3.63, 3.8) is 0 Å². The molecule has 1 saturated heterocycles. The summed E-state index contributed by atoms with van der Waals surface area (Å²) in [5.74, 6) is -0.329. The maximum Gasteiger partial charge on any atom is 0.302 e. The van der Waals surface area contributed by atoms with Crippen LogP contribution in [0, 0.1) is 0 Å². The Balaban J connectivity index is 2.18. The molecule has 15 heavy (non-hydrogen) atoms. The van der Waals surface area contributed by atoms with Crippen molar-refractivity contribution in [3.8, 4) is 0 Å². The first-order chi connectivity index (χ1) is 7.08. The predicted molar refractivity (Wildman–Crippen MR) is 53.2 cm³/mol. The average Bonchev–Trinajstić information content (AvgIpc) is 2.16. The molecule has 0 aliphatic carbocycles. The Hall–Kier alpha value is -1.10. The Kier molecular flexibility index (Phi) is 4.55. The molecule has 2 unspecified atom stereocenters. The van der Waals surface area contributed by atoms with E-state index in [-0.39, 0.29) is 24.0 Å². The largest absolute Gasteiger partial charge is 0.463 e. The average molecular weight is 215 g/mol. The first-order valence-electron chi connectivity index (χ1n) is 5.10. The fourth-order valence-electron chi connectivity index (χ4n) is 1.55. The quantitative estimate of drug-likeness (QED) is 0.685. The van der Waals surface area contributed by atoms with Crippen molar-refractivity contribution in [1.29, 1.82) is 0 Å². The summed E-state index contributed by atoms with van der Waals surface area (Å²) < 4.78 is 10.3. The van der Waals surface area contributed by atoms with Gasteiger partial charge in [-0.3, -0.25) is 9.59 Å². The van der Waals surface area contributed by atoms with Gasteiger partial charge >= 0.3 is 5.97 Å². The molecule has 0 aromatic carbocycles. The molecule has 0 aromatic rings. The van der Waals surface area contributed by atoms with Crippen LogP contribution in [0.4, 0.5) is 0 Å². The summed E-state index contributed by atoms with van der Waals surface area (Å²) in [6.07, 6.45) is 1.64. The van der Waals surface area contributed by atoms with Crippen LogP contribution in [0.5, 0.6) is 0 Å². The van der Waals surface area contributed by atoms with Crippen LogP contribution < -0.4 is 5.32 Å². The van der Waals surface area contributed by atoms with Gasteiger partial charge in [-0.2, -0.15) is 0 Å². The van der Waals surface area contributed by atoms with Crippen LogP contribution in [0.25, 0.3) is 0 Å². The second-order valence-corrected chi connectivity index (χ2v) is 3.73. The molecule has 0 aromatic heterocycles. The Labute approximate surface area is 89.1 Å². The zero-order chi connectivity index (χ0) is 11.3. The molecule has 1 heterocycles. The molecule has 0 spiro atoms. The van der Waals surface area contributed by atoms with E-state index in [1.54, 1.807) is 0 Å². The lowest BCUT2D eigenvalue weighted by molar-refractivity contribution is -0.146. The van der Waals surface area contributed by atoms with E-state index in [1.807, 2.05) is 0 Å². The third-order valence-electron chi connectivity index (χ3n) is 2.25. The molecule has 5 nitrogen and oxygen atoms in total. The Bertz CT molecular complexity index is 234. The minimum absolute atomic E-state index is 0.0288. The highest BCUT2D eigenvalue weighted by Gasteiger charge is 2.22. The lowest BCUT2D eigenvalue weighted by atomic mass is 10.1. The summed E-state index contributed by atoms with van der Waals surface area (Å²) in [7, 11) is 0. The van der Waals surface area contributed by atoms with Gasteiger partial charge in [0, 0.05) is 13.8 Å². The summed E-state index contributed by atoms with van der Waals surface area (Å²) in [6.45, 7) is 3.67. The van der Waals surface area contributed by atoms with Crippen molar-refractivity contribution < 1.29 is 19.1 Å². The molecular weight excluding hydrogens is 198 g/mol. The van der Waals surface area contributed by atoms with E-state index in [2.05, 4.69) is 5.32 Å². The third-order valence-corrected chi connectivity index (χ3v) is 2.25. The summed E-state index contributed by atoms with van der Waals surface area (Å²) in [4.78, 5) is 21.3. The van der Waals surface area contributed by atoms with Gasteiger partial charge in [0.1, 0.15) is 6.61 Å². The zero-order valence-corrected chi connectivity index (χ0v) is 9.12. The molecule has 1 N–H and O–H groups in total. The number of esters is 1. The first-order valence-corrected chi connectivity index (χ1v) is 5.10. The number of carbonyl (C=O) groups excluding carboxylic acids is 2. The molecule has 0 saturated carbocycles. The van der Waals surface area contributed by atoms with Crippen LogP contribution in [0.15, 0.2) is 0 Å². The van der Waals surface area contributed by atoms with Crippen LogP contribution in [0.2, 0.25) is 0 Å². The lowest BCUT2D eigenvalue weighted by Gasteiger charge is -2.28. The molecule has 86 valence electrons. The Morgan fingerprint density at radius 1 is 1.40 bits per heavy atom. The highest BCUT2D eigenvalue weighted by Crippen LogP contribution is 2.13. The SMILES string of the molecule is CC(=O)NC1CCC(COC(C)=O)OC1. The van der Waals surface area contributed by atoms with Gasteiger partial charge < -0.3 is 14.8 Å². The van der Waals surface area contributed by atoms with E-state index in [4.69, 9.17) is 9.47 Å². The minimum atomic E-state index is -0.289. The van der Waals surface area contributed by atoms with Crippen LogP contribution in [-0.4, -0.2) is 37.2 Å².